The van der Waals surface area contributed by atoms with Crippen LogP contribution in [0.2, 0.25) is 0 Å². The molecule has 0 aromatic carbocycles. The number of pyridine rings is 1. The number of rotatable bonds is 4. The van der Waals surface area contributed by atoms with E-state index in [1.54, 1.807) is 14.1 Å². The van der Waals surface area contributed by atoms with Crippen molar-refractivity contribution in [3.63, 3.8) is 0 Å². The highest BCUT2D eigenvalue weighted by molar-refractivity contribution is 7.86. The Morgan fingerprint density at radius 2 is 2.00 bits per heavy atom. The molecule has 0 unspecified atom stereocenters. The van der Waals surface area contributed by atoms with E-state index in [1.165, 1.54) is 38.9 Å². The van der Waals surface area contributed by atoms with E-state index in [0.29, 0.717) is 27.6 Å². The Balaban J connectivity index is 2.03. The molecular weight excluding hydrogens is 374 g/mol. The molecule has 2 N–H and O–H groups in total. The van der Waals surface area contributed by atoms with E-state index in [4.69, 9.17) is 5.73 Å². The van der Waals surface area contributed by atoms with Crippen molar-refractivity contribution in [2.24, 2.45) is 0 Å². The molecule has 2 aromatic rings. The first-order valence-corrected chi connectivity index (χ1v) is 10.5. The number of carbonyl (C=O) groups excluding carboxylic acids is 1. The molecule has 10 heteroatoms. The number of carbonyl (C=O) groups is 1. The standard InChI is InChI=1S/C16H23N5O3S2/c1-19(2)16(22)14-13(17)10-7-8-11(18-15(10)25-14)12-6-5-9-21(12)26(23,24)20(3)4/h7-8,12H,5-6,9,17H2,1-4H3/t12-/m0/s1. The number of aromatic nitrogens is 1. The summed E-state index contributed by atoms with van der Waals surface area (Å²) < 4.78 is 27.8. The van der Waals surface area contributed by atoms with Gasteiger partial charge >= 0.3 is 0 Å². The van der Waals surface area contributed by atoms with Crippen molar-refractivity contribution in [3.8, 4) is 0 Å². The van der Waals surface area contributed by atoms with E-state index in [-0.39, 0.29) is 11.9 Å². The minimum absolute atomic E-state index is 0.162. The maximum atomic E-state index is 12.6. The monoisotopic (exact) mass is 397 g/mol. The molecule has 0 bridgehead atoms. The number of nitrogens with two attached hydrogens (primary N) is 1. The van der Waals surface area contributed by atoms with Gasteiger partial charge in [0.15, 0.2) is 0 Å². The average Bonchev–Trinajstić information content (AvgIpc) is 3.19. The largest absolute Gasteiger partial charge is 0.397 e. The quantitative estimate of drug-likeness (QED) is 0.843. The molecule has 26 heavy (non-hydrogen) atoms. The molecule has 1 atom stereocenters. The van der Waals surface area contributed by atoms with Gasteiger partial charge < -0.3 is 10.6 Å². The molecule has 0 aliphatic carbocycles. The second-order valence-electron chi connectivity index (χ2n) is 6.69. The molecule has 1 saturated heterocycles. The van der Waals surface area contributed by atoms with Crippen molar-refractivity contribution in [2.75, 3.05) is 40.5 Å². The molecule has 0 radical (unpaired) electrons. The zero-order valence-electron chi connectivity index (χ0n) is 15.3. The van der Waals surface area contributed by atoms with Gasteiger partial charge in [0, 0.05) is 40.1 Å². The first-order chi connectivity index (χ1) is 12.1. The molecule has 1 aliphatic rings. The lowest BCUT2D eigenvalue weighted by molar-refractivity contribution is 0.0833. The van der Waals surface area contributed by atoms with Gasteiger partial charge in [-0.3, -0.25) is 4.79 Å². The first kappa shape index (κ1) is 19.0. The summed E-state index contributed by atoms with van der Waals surface area (Å²) >= 11 is 1.24. The predicted molar refractivity (Wildman–Crippen MR) is 103 cm³/mol. The molecule has 3 heterocycles. The van der Waals surface area contributed by atoms with Crippen LogP contribution in [0.3, 0.4) is 0 Å². The average molecular weight is 398 g/mol. The van der Waals surface area contributed by atoms with Crippen molar-refractivity contribution in [2.45, 2.75) is 18.9 Å². The fourth-order valence-corrected chi connectivity index (χ4v) is 5.52. The molecule has 3 rings (SSSR count). The van der Waals surface area contributed by atoms with Crippen LogP contribution in [0.25, 0.3) is 10.2 Å². The summed E-state index contributed by atoms with van der Waals surface area (Å²) in [5.41, 5.74) is 7.24. The Morgan fingerprint density at radius 1 is 1.31 bits per heavy atom. The number of hydrogen-bond donors (Lipinski definition) is 1. The van der Waals surface area contributed by atoms with Gasteiger partial charge in [0.2, 0.25) is 0 Å². The molecule has 1 aliphatic heterocycles. The van der Waals surface area contributed by atoms with Gasteiger partial charge in [-0.1, -0.05) is 0 Å². The maximum Gasteiger partial charge on any atom is 0.282 e. The van der Waals surface area contributed by atoms with E-state index in [9.17, 15) is 13.2 Å². The van der Waals surface area contributed by atoms with Crippen LogP contribution in [0.1, 0.15) is 34.2 Å². The molecular formula is C16H23N5O3S2. The second kappa shape index (κ2) is 6.76. The Morgan fingerprint density at radius 3 is 2.62 bits per heavy atom. The molecule has 0 spiro atoms. The Hall–Kier alpha value is -1.75. The number of nitrogen functional groups attached to an aromatic ring is 1. The van der Waals surface area contributed by atoms with Crippen LogP contribution in [-0.2, 0) is 10.2 Å². The summed E-state index contributed by atoms with van der Waals surface area (Å²) in [6, 6.07) is 3.33. The number of thiophene rings is 1. The van der Waals surface area contributed by atoms with Crippen LogP contribution < -0.4 is 5.73 Å². The van der Waals surface area contributed by atoms with Crippen LogP contribution >= 0.6 is 11.3 Å². The minimum Gasteiger partial charge on any atom is -0.397 e. The molecule has 2 aromatic heterocycles. The van der Waals surface area contributed by atoms with Gasteiger partial charge in [-0.2, -0.15) is 17.0 Å². The Bertz CT molecular complexity index is 952. The number of hydrogen-bond acceptors (Lipinski definition) is 6. The van der Waals surface area contributed by atoms with Crippen LogP contribution in [0.15, 0.2) is 12.1 Å². The lowest BCUT2D eigenvalue weighted by Gasteiger charge is -2.26. The predicted octanol–water partition coefficient (Wildman–Crippen LogP) is 1.52. The number of fused-ring (bicyclic) bond motifs is 1. The first-order valence-electron chi connectivity index (χ1n) is 8.24. The highest BCUT2D eigenvalue weighted by atomic mass is 32.2. The van der Waals surface area contributed by atoms with Gasteiger partial charge in [0.25, 0.3) is 16.1 Å². The van der Waals surface area contributed by atoms with Gasteiger partial charge in [-0.05, 0) is 25.0 Å². The Labute approximate surface area is 157 Å². The third kappa shape index (κ3) is 3.07. The van der Waals surface area contributed by atoms with Crippen LogP contribution in [-0.4, -0.2) is 67.6 Å². The number of anilines is 1. The zero-order chi connectivity index (χ0) is 19.2. The summed E-state index contributed by atoms with van der Waals surface area (Å²) in [5.74, 6) is -0.162. The topological polar surface area (TPSA) is 99.8 Å². The SMILES string of the molecule is CN(C)C(=O)c1sc2nc([C@@H]3CCCN3S(=O)(=O)N(C)C)ccc2c1N. The third-order valence-electron chi connectivity index (χ3n) is 4.52. The van der Waals surface area contributed by atoms with Gasteiger partial charge in [0.05, 0.1) is 17.4 Å². The molecule has 142 valence electrons. The lowest BCUT2D eigenvalue weighted by atomic mass is 10.1. The summed E-state index contributed by atoms with van der Waals surface area (Å²) in [6.07, 6.45) is 1.50. The summed E-state index contributed by atoms with van der Waals surface area (Å²) in [6.45, 7) is 0.474. The molecule has 1 fully saturated rings. The van der Waals surface area contributed by atoms with Crippen LogP contribution in [0, 0.1) is 0 Å². The van der Waals surface area contributed by atoms with Crippen molar-refractivity contribution >= 4 is 43.4 Å². The number of amides is 1. The van der Waals surface area contributed by atoms with Crippen LogP contribution in [0.5, 0.6) is 0 Å². The highest BCUT2D eigenvalue weighted by Gasteiger charge is 2.37. The normalized spacial score (nSPS) is 18.7. The van der Waals surface area contributed by atoms with E-state index in [1.807, 2.05) is 12.1 Å². The van der Waals surface area contributed by atoms with Crippen LogP contribution in [0.4, 0.5) is 5.69 Å². The summed E-state index contributed by atoms with van der Waals surface area (Å²) in [4.78, 5) is 19.5. The zero-order valence-corrected chi connectivity index (χ0v) is 16.9. The van der Waals surface area contributed by atoms with Gasteiger partial charge in [0.1, 0.15) is 9.71 Å². The third-order valence-corrected chi connectivity index (χ3v) is 7.57. The van der Waals surface area contributed by atoms with Crippen molar-refractivity contribution < 1.29 is 13.2 Å². The summed E-state index contributed by atoms with van der Waals surface area (Å²) in [5, 5.41) is 0.726. The molecule has 8 nitrogen and oxygen atoms in total. The Kier molecular flexibility index (Phi) is 4.95. The van der Waals surface area contributed by atoms with E-state index < -0.39 is 10.2 Å². The van der Waals surface area contributed by atoms with Crippen molar-refractivity contribution in [3.05, 3.63) is 22.7 Å². The van der Waals surface area contributed by atoms with E-state index >= 15 is 0 Å². The number of nitrogens with zero attached hydrogens (tertiary/aromatic N) is 4. The maximum absolute atomic E-state index is 12.6. The fraction of sp³-hybridized carbons (Fsp3) is 0.500. The molecule has 1 amide bonds. The van der Waals surface area contributed by atoms with Gasteiger partial charge in [-0.15, -0.1) is 11.3 Å². The second-order valence-corrected chi connectivity index (χ2v) is 9.79. The van der Waals surface area contributed by atoms with E-state index in [0.717, 1.165) is 18.2 Å². The smallest absolute Gasteiger partial charge is 0.282 e. The molecule has 0 saturated carbocycles. The minimum atomic E-state index is -3.51. The van der Waals surface area contributed by atoms with Gasteiger partial charge in [-0.25, -0.2) is 4.98 Å². The van der Waals surface area contributed by atoms with Crippen molar-refractivity contribution in [1.29, 1.82) is 0 Å². The summed E-state index contributed by atoms with van der Waals surface area (Å²) in [7, 11) is 2.89. The van der Waals surface area contributed by atoms with E-state index in [2.05, 4.69) is 4.98 Å². The highest BCUT2D eigenvalue weighted by Crippen LogP contribution is 2.38. The lowest BCUT2D eigenvalue weighted by Crippen LogP contribution is -2.39. The van der Waals surface area contributed by atoms with Crippen molar-refractivity contribution in [1.82, 2.24) is 18.5 Å². The fourth-order valence-electron chi connectivity index (χ4n) is 3.08.